The van der Waals surface area contributed by atoms with Gasteiger partial charge in [0, 0.05) is 30.6 Å². The first-order chi connectivity index (χ1) is 9.88. The van der Waals surface area contributed by atoms with Crippen LogP contribution in [0.4, 0.5) is 0 Å². The minimum absolute atomic E-state index is 0.0497. The van der Waals surface area contributed by atoms with Gasteiger partial charge in [-0.1, -0.05) is 24.0 Å². The number of nitrogens with zero attached hydrogens (tertiary/aromatic N) is 1. The van der Waals surface area contributed by atoms with Gasteiger partial charge in [0.25, 0.3) is 5.91 Å². The van der Waals surface area contributed by atoms with Crippen molar-refractivity contribution in [3.63, 3.8) is 0 Å². The molecule has 1 aromatic rings. The Morgan fingerprint density at radius 2 is 2.14 bits per heavy atom. The van der Waals surface area contributed by atoms with Crippen LogP contribution in [0.1, 0.15) is 12.0 Å². The van der Waals surface area contributed by atoms with Gasteiger partial charge < -0.3 is 20.1 Å². The molecule has 1 fully saturated rings. The number of hydrogen-bond acceptors (Lipinski definition) is 7. The highest BCUT2D eigenvalue weighted by molar-refractivity contribution is 8.26. The first kappa shape index (κ1) is 15.3. The van der Waals surface area contributed by atoms with Crippen molar-refractivity contribution in [2.75, 3.05) is 6.54 Å². The van der Waals surface area contributed by atoms with Crippen molar-refractivity contribution in [3.8, 4) is 11.5 Å². The smallest absolute Gasteiger partial charge is 0.266 e. The first-order valence-electron chi connectivity index (χ1n) is 5.85. The number of amides is 1. The molecule has 110 valence electrons. The van der Waals surface area contributed by atoms with Gasteiger partial charge in [-0.3, -0.25) is 9.69 Å². The zero-order valence-electron chi connectivity index (χ0n) is 10.6. The number of benzene rings is 1. The fourth-order valence-electron chi connectivity index (χ4n) is 1.69. The van der Waals surface area contributed by atoms with E-state index in [2.05, 4.69) is 0 Å². The quantitative estimate of drug-likeness (QED) is 0.612. The topological polar surface area (TPSA) is 101 Å². The molecule has 0 saturated carbocycles. The summed E-state index contributed by atoms with van der Waals surface area (Å²) in [5, 5.41) is 29.3. The molecule has 1 heterocycles. The Hall–Kier alpha value is -2.06. The number of aliphatic carboxylic acids is 1. The highest BCUT2D eigenvalue weighted by atomic mass is 32.2. The number of carbonyl (C=O) groups excluding carboxylic acids is 2. The van der Waals surface area contributed by atoms with Gasteiger partial charge in [-0.05, 0) is 18.2 Å². The Balaban J connectivity index is 2.21. The zero-order chi connectivity index (χ0) is 15.6. The van der Waals surface area contributed by atoms with E-state index in [1.807, 2.05) is 0 Å². The lowest BCUT2D eigenvalue weighted by Crippen LogP contribution is -2.33. The largest absolute Gasteiger partial charge is 0.550 e. The van der Waals surface area contributed by atoms with E-state index >= 15 is 0 Å². The van der Waals surface area contributed by atoms with Crippen LogP contribution in [-0.2, 0) is 9.59 Å². The molecule has 1 aromatic carbocycles. The summed E-state index contributed by atoms with van der Waals surface area (Å²) in [6.45, 7) is -0.0497. The maximum atomic E-state index is 12.1. The molecule has 2 N–H and O–H groups in total. The van der Waals surface area contributed by atoms with E-state index in [0.29, 0.717) is 5.56 Å². The van der Waals surface area contributed by atoms with Gasteiger partial charge in [-0.2, -0.15) is 0 Å². The van der Waals surface area contributed by atoms with Crippen molar-refractivity contribution in [3.05, 3.63) is 28.7 Å². The summed E-state index contributed by atoms with van der Waals surface area (Å²) < 4.78 is 0.255. The Morgan fingerprint density at radius 1 is 1.43 bits per heavy atom. The van der Waals surface area contributed by atoms with Gasteiger partial charge in [0.1, 0.15) is 15.8 Å². The van der Waals surface area contributed by atoms with Gasteiger partial charge in [0.2, 0.25) is 0 Å². The second-order valence-electron chi connectivity index (χ2n) is 4.20. The molecule has 0 aromatic heterocycles. The van der Waals surface area contributed by atoms with Crippen LogP contribution in [-0.4, -0.2) is 37.9 Å². The minimum atomic E-state index is -1.26. The van der Waals surface area contributed by atoms with Crippen molar-refractivity contribution < 1.29 is 24.9 Å². The van der Waals surface area contributed by atoms with Gasteiger partial charge >= 0.3 is 0 Å². The first-order valence-corrected chi connectivity index (χ1v) is 7.08. The Morgan fingerprint density at radius 3 is 2.76 bits per heavy atom. The van der Waals surface area contributed by atoms with Crippen molar-refractivity contribution in [2.45, 2.75) is 6.42 Å². The van der Waals surface area contributed by atoms with Crippen molar-refractivity contribution >= 4 is 46.3 Å². The summed E-state index contributed by atoms with van der Waals surface area (Å²) in [5.41, 5.74) is 0.355. The number of thioether (sulfide) groups is 1. The van der Waals surface area contributed by atoms with Crippen LogP contribution in [0.25, 0.3) is 6.08 Å². The fraction of sp³-hybridized carbons (Fsp3) is 0.154. The highest BCUT2D eigenvalue weighted by Gasteiger charge is 2.31. The molecule has 0 spiro atoms. The minimum Gasteiger partial charge on any atom is -0.550 e. The molecule has 1 aliphatic rings. The zero-order valence-corrected chi connectivity index (χ0v) is 12.2. The number of phenols is 2. The molecular formula is C13H10NO5S2-. The van der Waals surface area contributed by atoms with Crippen LogP contribution in [0.15, 0.2) is 23.1 Å². The fourth-order valence-corrected chi connectivity index (χ4v) is 2.99. The van der Waals surface area contributed by atoms with Crippen LogP contribution < -0.4 is 5.11 Å². The molecule has 0 unspecified atom stereocenters. The maximum Gasteiger partial charge on any atom is 0.266 e. The molecule has 0 aliphatic carbocycles. The number of thiocarbonyl (C=S) groups is 1. The summed E-state index contributed by atoms with van der Waals surface area (Å²) in [6, 6.07) is 3.99. The van der Waals surface area contributed by atoms with Gasteiger partial charge in [-0.15, -0.1) is 0 Å². The summed E-state index contributed by atoms with van der Waals surface area (Å²) in [4.78, 5) is 24.0. The van der Waals surface area contributed by atoms with E-state index in [1.54, 1.807) is 0 Å². The lowest BCUT2D eigenvalue weighted by molar-refractivity contribution is -0.305. The lowest BCUT2D eigenvalue weighted by Gasteiger charge is -2.14. The van der Waals surface area contributed by atoms with E-state index in [9.17, 15) is 24.9 Å². The molecule has 1 amide bonds. The molecular weight excluding hydrogens is 314 g/mol. The number of rotatable bonds is 4. The number of carboxylic acid groups (broad SMARTS) is 1. The number of aromatic hydroxyl groups is 2. The predicted octanol–water partition coefficient (Wildman–Crippen LogP) is 0.439. The highest BCUT2D eigenvalue weighted by Crippen LogP contribution is 2.34. The van der Waals surface area contributed by atoms with Crippen molar-refractivity contribution in [1.29, 1.82) is 0 Å². The standard InChI is InChI=1S/C13H11NO5S2/c15-8-2-1-7(9(16)6-8)5-10-12(19)14(13(20)21-10)4-3-11(17)18/h1-2,5-6,15-16H,3-4H2,(H,17,18)/p-1/b10-5-. The molecule has 1 saturated heterocycles. The molecule has 21 heavy (non-hydrogen) atoms. The van der Waals surface area contributed by atoms with E-state index in [4.69, 9.17) is 12.2 Å². The van der Waals surface area contributed by atoms with Crippen LogP contribution in [0.3, 0.4) is 0 Å². The summed E-state index contributed by atoms with van der Waals surface area (Å²) in [5.74, 6) is -1.94. The second-order valence-corrected chi connectivity index (χ2v) is 5.87. The molecule has 2 rings (SSSR count). The Bertz CT molecular complexity index is 656. The number of carboxylic acids is 1. The molecule has 0 bridgehead atoms. The summed E-state index contributed by atoms with van der Waals surface area (Å²) in [7, 11) is 0. The average Bonchev–Trinajstić information content (AvgIpc) is 2.65. The monoisotopic (exact) mass is 324 g/mol. The molecule has 1 aliphatic heterocycles. The van der Waals surface area contributed by atoms with Crippen LogP contribution >= 0.6 is 24.0 Å². The van der Waals surface area contributed by atoms with Crippen molar-refractivity contribution in [1.82, 2.24) is 4.90 Å². The molecule has 6 nitrogen and oxygen atoms in total. The SMILES string of the molecule is O=C([O-])CCN1C(=O)/C(=C/c2ccc(O)cc2O)SC1=S. The predicted molar refractivity (Wildman–Crippen MR) is 79.3 cm³/mol. The lowest BCUT2D eigenvalue weighted by atomic mass is 10.1. The third kappa shape index (κ3) is 3.53. The number of phenolic OH excluding ortho intramolecular Hbond substituents is 2. The van der Waals surface area contributed by atoms with Crippen LogP contribution in [0.2, 0.25) is 0 Å². The summed E-state index contributed by atoms with van der Waals surface area (Å²) in [6.07, 6.45) is 1.14. The maximum absolute atomic E-state index is 12.1. The number of hydrogen-bond donors (Lipinski definition) is 2. The van der Waals surface area contributed by atoms with E-state index in [0.717, 1.165) is 17.8 Å². The van der Waals surface area contributed by atoms with Gasteiger partial charge in [-0.25, -0.2) is 0 Å². The molecule has 8 heteroatoms. The molecule has 0 atom stereocenters. The van der Waals surface area contributed by atoms with Crippen LogP contribution in [0, 0.1) is 0 Å². The average molecular weight is 324 g/mol. The van der Waals surface area contributed by atoms with Crippen molar-refractivity contribution in [2.24, 2.45) is 0 Å². The van der Waals surface area contributed by atoms with Gasteiger partial charge in [0.15, 0.2) is 0 Å². The summed E-state index contributed by atoms with van der Waals surface area (Å²) >= 11 is 6.05. The van der Waals surface area contributed by atoms with Gasteiger partial charge in [0.05, 0.1) is 4.91 Å². The Kier molecular flexibility index (Phi) is 4.49. The normalized spacial score (nSPS) is 16.8. The molecule has 0 radical (unpaired) electrons. The van der Waals surface area contributed by atoms with Crippen LogP contribution in [0.5, 0.6) is 11.5 Å². The third-order valence-electron chi connectivity index (χ3n) is 2.71. The Labute approximate surface area is 129 Å². The van der Waals surface area contributed by atoms with E-state index in [-0.39, 0.29) is 33.7 Å². The third-order valence-corrected chi connectivity index (χ3v) is 4.09. The van der Waals surface area contributed by atoms with E-state index in [1.165, 1.54) is 23.1 Å². The second kappa shape index (κ2) is 6.15. The van der Waals surface area contributed by atoms with E-state index < -0.39 is 11.9 Å². The number of carbonyl (C=O) groups is 2.